The molecule has 3 aromatic carbocycles. The number of amides is 1. The van der Waals surface area contributed by atoms with Crippen molar-refractivity contribution in [3.63, 3.8) is 0 Å². The molecule has 0 fully saturated rings. The van der Waals surface area contributed by atoms with E-state index in [1.807, 2.05) is 13.0 Å². The molecule has 0 atom stereocenters. The highest BCUT2D eigenvalue weighted by atomic mass is 79.9. The van der Waals surface area contributed by atoms with Crippen LogP contribution in [0.25, 0.3) is 10.9 Å². The average molecular weight is 632 g/mol. The van der Waals surface area contributed by atoms with Crippen molar-refractivity contribution >= 4 is 60.6 Å². The summed E-state index contributed by atoms with van der Waals surface area (Å²) < 4.78 is 27.7. The highest BCUT2D eigenvalue weighted by molar-refractivity contribution is 9.10. The predicted octanol–water partition coefficient (Wildman–Crippen LogP) is 5.67. The second-order valence-electron chi connectivity index (χ2n) is 7.76. The summed E-state index contributed by atoms with van der Waals surface area (Å²) in [6.45, 7) is 3.48. The molecule has 37 heavy (non-hydrogen) atoms. The van der Waals surface area contributed by atoms with Gasteiger partial charge >= 0.3 is 0 Å². The Morgan fingerprint density at radius 2 is 1.95 bits per heavy atom. The fraction of sp³-hybridized carbons (Fsp3) is 0.154. The molecule has 1 aromatic heterocycles. The second-order valence-corrected chi connectivity index (χ2v) is 9.53. The van der Waals surface area contributed by atoms with Crippen LogP contribution in [0, 0.1) is 12.7 Å². The minimum absolute atomic E-state index is 0.0628. The maximum absolute atomic E-state index is 13.8. The number of halogens is 3. The molecule has 8 nitrogen and oxygen atoms in total. The molecule has 0 radical (unpaired) electrons. The molecule has 0 aliphatic carbocycles. The lowest BCUT2D eigenvalue weighted by molar-refractivity contribution is -0.118. The zero-order valence-corrected chi connectivity index (χ0v) is 23.0. The van der Waals surface area contributed by atoms with E-state index in [0.29, 0.717) is 44.9 Å². The van der Waals surface area contributed by atoms with E-state index in [-0.39, 0.29) is 17.9 Å². The molecule has 0 saturated carbocycles. The van der Waals surface area contributed by atoms with Crippen LogP contribution in [-0.2, 0) is 4.79 Å². The van der Waals surface area contributed by atoms with Crippen LogP contribution in [-0.4, -0.2) is 35.0 Å². The first-order valence-corrected chi connectivity index (χ1v) is 12.7. The van der Waals surface area contributed by atoms with Gasteiger partial charge in [0, 0.05) is 4.47 Å². The van der Waals surface area contributed by atoms with Crippen LogP contribution in [0.3, 0.4) is 0 Å². The number of aromatic nitrogens is 2. The van der Waals surface area contributed by atoms with E-state index in [0.717, 1.165) is 4.47 Å². The lowest BCUT2D eigenvalue weighted by atomic mass is 10.2. The average Bonchev–Trinajstić information content (AvgIpc) is 2.85. The van der Waals surface area contributed by atoms with E-state index in [9.17, 15) is 14.0 Å². The molecule has 0 aliphatic rings. The predicted molar refractivity (Wildman–Crippen MR) is 147 cm³/mol. The van der Waals surface area contributed by atoms with Crippen LogP contribution in [0.5, 0.6) is 11.5 Å². The van der Waals surface area contributed by atoms with E-state index in [1.54, 1.807) is 37.3 Å². The van der Waals surface area contributed by atoms with Gasteiger partial charge in [0.25, 0.3) is 11.5 Å². The Hall–Kier alpha value is -3.57. The number of fused-ring (bicyclic) bond motifs is 1. The topological polar surface area (TPSA) is 94.8 Å². The van der Waals surface area contributed by atoms with Crippen molar-refractivity contribution < 1.29 is 18.7 Å². The van der Waals surface area contributed by atoms with Crippen molar-refractivity contribution in [1.82, 2.24) is 9.66 Å². The van der Waals surface area contributed by atoms with Gasteiger partial charge in [-0.1, -0.05) is 28.1 Å². The highest BCUT2D eigenvalue weighted by Gasteiger charge is 2.15. The quantitative estimate of drug-likeness (QED) is 0.253. The van der Waals surface area contributed by atoms with Gasteiger partial charge in [0.2, 0.25) is 0 Å². The molecule has 4 aromatic rings. The zero-order valence-electron chi connectivity index (χ0n) is 19.8. The molecule has 0 saturated heterocycles. The fourth-order valence-corrected chi connectivity index (χ4v) is 4.41. The van der Waals surface area contributed by atoms with Crippen LogP contribution in [0.15, 0.2) is 73.4 Å². The lowest BCUT2D eigenvalue weighted by Gasteiger charge is -2.15. The summed E-state index contributed by atoms with van der Waals surface area (Å²) in [4.78, 5) is 29.7. The van der Waals surface area contributed by atoms with E-state index in [2.05, 4.69) is 47.3 Å². The van der Waals surface area contributed by atoms with Crippen molar-refractivity contribution in [2.45, 2.75) is 13.8 Å². The molecule has 0 unspecified atom stereocenters. The normalized spacial score (nSPS) is 11.2. The van der Waals surface area contributed by atoms with Crippen LogP contribution >= 0.6 is 31.9 Å². The molecule has 0 aliphatic heterocycles. The number of benzene rings is 3. The summed E-state index contributed by atoms with van der Waals surface area (Å²) in [6, 6.07) is 14.5. The molecule has 0 spiro atoms. The molecular weight excluding hydrogens is 611 g/mol. The number of para-hydroxylation sites is 1. The highest BCUT2D eigenvalue weighted by Crippen LogP contribution is 2.36. The Balaban J connectivity index is 1.57. The fourth-order valence-electron chi connectivity index (χ4n) is 3.47. The molecule has 0 bridgehead atoms. The van der Waals surface area contributed by atoms with Gasteiger partial charge < -0.3 is 14.8 Å². The maximum Gasteiger partial charge on any atom is 0.282 e. The third-order valence-corrected chi connectivity index (χ3v) is 6.20. The van der Waals surface area contributed by atoms with Crippen molar-refractivity contribution in [3.8, 4) is 11.5 Å². The van der Waals surface area contributed by atoms with E-state index < -0.39 is 11.7 Å². The summed E-state index contributed by atoms with van der Waals surface area (Å²) in [7, 11) is 0. The van der Waals surface area contributed by atoms with Gasteiger partial charge in [0.15, 0.2) is 18.1 Å². The molecule has 1 N–H and O–H groups in total. The Morgan fingerprint density at radius 3 is 2.70 bits per heavy atom. The first-order valence-electron chi connectivity index (χ1n) is 11.1. The first kappa shape index (κ1) is 26.5. The van der Waals surface area contributed by atoms with Gasteiger partial charge in [-0.25, -0.2) is 9.37 Å². The first-order chi connectivity index (χ1) is 17.8. The second kappa shape index (κ2) is 11.7. The van der Waals surface area contributed by atoms with Crippen molar-refractivity contribution in [2.24, 2.45) is 5.10 Å². The summed E-state index contributed by atoms with van der Waals surface area (Å²) in [6.07, 6.45) is 1.50. The molecule has 11 heteroatoms. The molecular formula is C26H21Br2FN4O4. The Labute approximate surface area is 228 Å². The van der Waals surface area contributed by atoms with Crippen LogP contribution in [0.1, 0.15) is 18.3 Å². The molecule has 4 rings (SSSR count). The van der Waals surface area contributed by atoms with Gasteiger partial charge in [-0.3, -0.25) is 9.59 Å². The Morgan fingerprint density at radius 1 is 1.16 bits per heavy atom. The number of nitrogens with one attached hydrogen (secondary N) is 1. The van der Waals surface area contributed by atoms with Crippen LogP contribution in [0.2, 0.25) is 0 Å². The SMILES string of the molecule is CCOc1cc(C=Nn2c(C)nc3ccc(Br)cc3c2=O)cc(Br)c1OCC(=O)Nc1ccccc1F. The van der Waals surface area contributed by atoms with Crippen molar-refractivity contribution in [2.75, 3.05) is 18.5 Å². The van der Waals surface area contributed by atoms with Gasteiger partial charge in [0.05, 0.1) is 33.9 Å². The largest absolute Gasteiger partial charge is 0.490 e. The summed E-state index contributed by atoms with van der Waals surface area (Å²) >= 11 is 6.82. The third-order valence-electron chi connectivity index (χ3n) is 5.12. The van der Waals surface area contributed by atoms with Gasteiger partial charge in [-0.15, -0.1) is 0 Å². The molecule has 1 heterocycles. The number of hydrogen-bond acceptors (Lipinski definition) is 6. The van der Waals surface area contributed by atoms with Crippen molar-refractivity contribution in [3.05, 3.63) is 91.1 Å². The number of anilines is 1. The van der Waals surface area contributed by atoms with Crippen LogP contribution in [0.4, 0.5) is 10.1 Å². The minimum Gasteiger partial charge on any atom is -0.490 e. The standard InChI is InChI=1S/C26H21Br2FN4O4/c1-3-36-23-11-16(13-30-33-15(2)31-21-9-8-17(27)12-18(21)26(33)35)10-19(28)25(23)37-14-24(34)32-22-7-5-4-6-20(22)29/h4-13H,3,14H2,1-2H3,(H,32,34). The van der Waals surface area contributed by atoms with Crippen molar-refractivity contribution in [1.29, 1.82) is 0 Å². The van der Waals surface area contributed by atoms with Gasteiger partial charge in [-0.05, 0) is 77.8 Å². The smallest absolute Gasteiger partial charge is 0.282 e. The minimum atomic E-state index is -0.542. The lowest BCUT2D eigenvalue weighted by Crippen LogP contribution is -2.21. The van der Waals surface area contributed by atoms with Crippen LogP contribution < -0.4 is 20.3 Å². The summed E-state index contributed by atoms with van der Waals surface area (Å²) in [5.74, 6) is 0.0190. The molecule has 1 amide bonds. The zero-order chi connectivity index (χ0) is 26.5. The summed E-state index contributed by atoms with van der Waals surface area (Å²) in [5.41, 5.74) is 0.955. The number of rotatable bonds is 8. The maximum atomic E-state index is 13.8. The summed E-state index contributed by atoms with van der Waals surface area (Å²) in [5, 5.41) is 7.25. The van der Waals surface area contributed by atoms with E-state index in [1.165, 1.54) is 29.1 Å². The Kier molecular flexibility index (Phi) is 8.34. The monoisotopic (exact) mass is 630 g/mol. The third kappa shape index (κ3) is 6.23. The number of carbonyl (C=O) groups is 1. The van der Waals surface area contributed by atoms with E-state index in [4.69, 9.17) is 9.47 Å². The number of nitrogens with zero attached hydrogens (tertiary/aromatic N) is 3. The number of ether oxygens (including phenoxy) is 2. The van der Waals surface area contributed by atoms with Gasteiger partial charge in [0.1, 0.15) is 11.6 Å². The van der Waals surface area contributed by atoms with E-state index >= 15 is 0 Å². The number of aryl methyl sites for hydroxylation is 1. The number of hydrogen-bond donors (Lipinski definition) is 1. The van der Waals surface area contributed by atoms with Gasteiger partial charge in [-0.2, -0.15) is 9.78 Å². The number of carbonyl (C=O) groups excluding carboxylic acids is 1. The molecule has 190 valence electrons. The Bertz CT molecular complexity index is 1570.